The fraction of sp³-hybridized carbons (Fsp3) is 0.0667. The zero-order chi connectivity index (χ0) is 15.4. The van der Waals surface area contributed by atoms with Gasteiger partial charge in [0.1, 0.15) is 0 Å². The smallest absolute Gasteiger partial charge is 0.338 e. The van der Waals surface area contributed by atoms with Gasteiger partial charge in [-0.25, -0.2) is 9.59 Å². The van der Waals surface area contributed by atoms with Crippen LogP contribution in [-0.2, 0) is 6.54 Å². The Morgan fingerprint density at radius 3 is 2.38 bits per heavy atom. The number of aromatic carboxylic acids is 2. The minimum absolute atomic E-state index is 0.251. The lowest BCUT2D eigenvalue weighted by Gasteiger charge is -2.11. The molecule has 0 aromatic heterocycles. The minimum Gasteiger partial charge on any atom is -0.478 e. The molecule has 2 aromatic rings. The number of hydrogen-bond donors (Lipinski definition) is 3. The highest BCUT2D eigenvalue weighted by Gasteiger charge is 2.19. The number of benzene rings is 2. The van der Waals surface area contributed by atoms with Gasteiger partial charge in [-0.05, 0) is 29.8 Å². The van der Waals surface area contributed by atoms with Crippen LogP contribution in [0.15, 0.2) is 42.5 Å². The van der Waals surface area contributed by atoms with E-state index in [0.717, 1.165) is 5.56 Å². The molecule has 21 heavy (non-hydrogen) atoms. The molecule has 0 aliphatic rings. The lowest BCUT2D eigenvalue weighted by Crippen LogP contribution is -2.12. The van der Waals surface area contributed by atoms with Crippen molar-refractivity contribution in [3.8, 4) is 0 Å². The molecular weight excluding hydrogens is 294 g/mol. The van der Waals surface area contributed by atoms with E-state index in [4.69, 9.17) is 16.7 Å². The van der Waals surface area contributed by atoms with Gasteiger partial charge < -0.3 is 15.5 Å². The van der Waals surface area contributed by atoms with Gasteiger partial charge in [0, 0.05) is 17.3 Å². The van der Waals surface area contributed by atoms with Crippen molar-refractivity contribution in [3.63, 3.8) is 0 Å². The van der Waals surface area contributed by atoms with Crippen LogP contribution in [0.2, 0.25) is 5.02 Å². The topological polar surface area (TPSA) is 86.6 Å². The highest BCUT2D eigenvalue weighted by atomic mass is 35.5. The number of anilines is 1. The third-order valence-electron chi connectivity index (χ3n) is 2.88. The zero-order valence-electron chi connectivity index (χ0n) is 10.8. The Labute approximate surface area is 125 Å². The molecule has 0 saturated carbocycles. The number of carboxylic acids is 2. The summed E-state index contributed by atoms with van der Waals surface area (Å²) < 4.78 is 0. The summed E-state index contributed by atoms with van der Waals surface area (Å²) in [4.78, 5) is 22.4. The molecular formula is C15H12ClNO4. The SMILES string of the molecule is O=C(O)c1cccc(NCc2cccc(Cl)c2)c1C(=O)O. The molecule has 0 radical (unpaired) electrons. The van der Waals surface area contributed by atoms with Crippen molar-refractivity contribution in [2.75, 3.05) is 5.32 Å². The van der Waals surface area contributed by atoms with Crippen LogP contribution in [0.3, 0.4) is 0 Å². The minimum atomic E-state index is -1.29. The van der Waals surface area contributed by atoms with Gasteiger partial charge in [-0.1, -0.05) is 29.8 Å². The molecule has 2 aromatic carbocycles. The van der Waals surface area contributed by atoms with Crippen molar-refractivity contribution in [1.29, 1.82) is 0 Å². The predicted octanol–water partition coefficient (Wildman–Crippen LogP) is 3.35. The van der Waals surface area contributed by atoms with Crippen molar-refractivity contribution < 1.29 is 19.8 Å². The van der Waals surface area contributed by atoms with E-state index in [9.17, 15) is 14.7 Å². The van der Waals surface area contributed by atoms with Crippen molar-refractivity contribution in [3.05, 3.63) is 64.2 Å². The first kappa shape index (κ1) is 14.9. The summed E-state index contributed by atoms with van der Waals surface area (Å²) in [7, 11) is 0. The summed E-state index contributed by atoms with van der Waals surface area (Å²) in [6.45, 7) is 0.337. The molecule has 6 heteroatoms. The van der Waals surface area contributed by atoms with Crippen molar-refractivity contribution >= 4 is 29.2 Å². The van der Waals surface area contributed by atoms with E-state index in [0.29, 0.717) is 11.6 Å². The third-order valence-corrected chi connectivity index (χ3v) is 3.12. The maximum atomic E-state index is 11.3. The lowest BCUT2D eigenvalue weighted by atomic mass is 10.1. The molecule has 0 unspecified atom stereocenters. The number of halogens is 1. The van der Waals surface area contributed by atoms with Gasteiger partial charge in [0.15, 0.2) is 0 Å². The van der Waals surface area contributed by atoms with Crippen LogP contribution >= 0.6 is 11.6 Å². The highest BCUT2D eigenvalue weighted by Crippen LogP contribution is 2.21. The van der Waals surface area contributed by atoms with Gasteiger partial charge in [0.05, 0.1) is 11.1 Å². The van der Waals surface area contributed by atoms with E-state index in [1.807, 2.05) is 6.07 Å². The van der Waals surface area contributed by atoms with Gasteiger partial charge in [0.2, 0.25) is 0 Å². The molecule has 0 atom stereocenters. The van der Waals surface area contributed by atoms with Crippen LogP contribution in [0.4, 0.5) is 5.69 Å². The molecule has 0 aliphatic heterocycles. The van der Waals surface area contributed by atoms with Gasteiger partial charge >= 0.3 is 11.9 Å². The van der Waals surface area contributed by atoms with E-state index in [2.05, 4.69) is 5.32 Å². The monoisotopic (exact) mass is 305 g/mol. The largest absolute Gasteiger partial charge is 0.478 e. The maximum Gasteiger partial charge on any atom is 0.338 e. The standard InChI is InChI=1S/C15H12ClNO4/c16-10-4-1-3-9(7-10)8-17-12-6-2-5-11(14(18)19)13(12)15(20)21/h1-7,17H,8H2,(H,18,19)(H,20,21). The second-order valence-corrected chi connectivity index (χ2v) is 4.76. The van der Waals surface area contributed by atoms with Crippen LogP contribution < -0.4 is 5.32 Å². The molecule has 2 rings (SSSR count). The molecule has 5 nitrogen and oxygen atoms in total. The van der Waals surface area contributed by atoms with E-state index < -0.39 is 11.9 Å². The molecule has 0 bridgehead atoms. The summed E-state index contributed by atoms with van der Waals surface area (Å²) in [6, 6.07) is 11.4. The quantitative estimate of drug-likeness (QED) is 0.788. The number of carbonyl (C=O) groups is 2. The van der Waals surface area contributed by atoms with Crippen molar-refractivity contribution in [2.24, 2.45) is 0 Å². The average Bonchev–Trinajstić information content (AvgIpc) is 2.44. The summed E-state index contributed by atoms with van der Waals surface area (Å²) in [5, 5.41) is 21.8. The van der Waals surface area contributed by atoms with Crippen molar-refractivity contribution in [1.82, 2.24) is 0 Å². The van der Waals surface area contributed by atoms with Gasteiger partial charge in [-0.2, -0.15) is 0 Å². The first-order chi connectivity index (χ1) is 9.99. The third kappa shape index (κ3) is 3.52. The van der Waals surface area contributed by atoms with Gasteiger partial charge in [0.25, 0.3) is 0 Å². The molecule has 0 spiro atoms. The second-order valence-electron chi connectivity index (χ2n) is 4.32. The molecule has 0 amide bonds. The Bertz CT molecular complexity index is 700. The van der Waals surface area contributed by atoms with E-state index in [1.54, 1.807) is 18.2 Å². The van der Waals surface area contributed by atoms with Crippen LogP contribution in [0.1, 0.15) is 26.3 Å². The van der Waals surface area contributed by atoms with Gasteiger partial charge in [-0.15, -0.1) is 0 Å². The molecule has 3 N–H and O–H groups in total. The summed E-state index contributed by atoms with van der Waals surface area (Å²) >= 11 is 5.88. The van der Waals surface area contributed by atoms with E-state index in [1.165, 1.54) is 18.2 Å². The molecule has 108 valence electrons. The number of nitrogens with one attached hydrogen (secondary N) is 1. The fourth-order valence-corrected chi connectivity index (χ4v) is 2.17. The summed E-state index contributed by atoms with van der Waals surface area (Å²) in [5.74, 6) is -2.57. The summed E-state index contributed by atoms with van der Waals surface area (Å²) in [5.41, 5.74) is 0.604. The van der Waals surface area contributed by atoms with E-state index in [-0.39, 0.29) is 16.8 Å². The van der Waals surface area contributed by atoms with Crippen LogP contribution in [0.5, 0.6) is 0 Å². The average molecular weight is 306 g/mol. The maximum absolute atomic E-state index is 11.3. The Morgan fingerprint density at radius 2 is 1.76 bits per heavy atom. The number of hydrogen-bond acceptors (Lipinski definition) is 3. The van der Waals surface area contributed by atoms with Crippen LogP contribution in [-0.4, -0.2) is 22.2 Å². The number of rotatable bonds is 5. The zero-order valence-corrected chi connectivity index (χ0v) is 11.6. The van der Waals surface area contributed by atoms with E-state index >= 15 is 0 Å². The molecule has 0 fully saturated rings. The Kier molecular flexibility index (Phi) is 4.45. The second kappa shape index (κ2) is 6.28. The number of carboxylic acid groups (broad SMARTS) is 2. The van der Waals surface area contributed by atoms with Crippen molar-refractivity contribution in [2.45, 2.75) is 6.54 Å². The normalized spacial score (nSPS) is 10.1. The molecule has 0 saturated heterocycles. The summed E-state index contributed by atoms with van der Waals surface area (Å²) in [6.07, 6.45) is 0. The first-order valence-electron chi connectivity index (χ1n) is 6.07. The molecule has 0 heterocycles. The highest BCUT2D eigenvalue weighted by molar-refractivity contribution is 6.30. The Morgan fingerprint density at radius 1 is 1.05 bits per heavy atom. The molecule has 0 aliphatic carbocycles. The predicted molar refractivity (Wildman–Crippen MR) is 79.1 cm³/mol. The Hall–Kier alpha value is -2.53. The van der Waals surface area contributed by atoms with Crippen LogP contribution in [0, 0.1) is 0 Å². The lowest BCUT2D eigenvalue weighted by molar-refractivity contribution is 0.0652. The van der Waals surface area contributed by atoms with Gasteiger partial charge in [-0.3, -0.25) is 0 Å². The first-order valence-corrected chi connectivity index (χ1v) is 6.44. The van der Waals surface area contributed by atoms with Crippen LogP contribution in [0.25, 0.3) is 0 Å². The Balaban J connectivity index is 2.30. The fourth-order valence-electron chi connectivity index (χ4n) is 1.95.